The van der Waals surface area contributed by atoms with Crippen molar-refractivity contribution in [2.24, 2.45) is 0 Å². The molecule has 0 fully saturated rings. The standard InChI is InChI=1S/C33H44O7/c1-20(2)9-8-10-21(3)11-12-25-24(13-14-27(38-6)32(25)39-7)28-18-26(35)30-29(40-28)17-22(19-34)23(31(30)36)15-16-33(4,5)37/h9,11,13-14,17,28,34,36-37H,8,10,12,15-16,18-19H2,1-7H3/t28-/m0/s1. The number of benzene rings is 2. The summed E-state index contributed by atoms with van der Waals surface area (Å²) in [5, 5.41) is 31.3. The van der Waals surface area contributed by atoms with Crippen molar-refractivity contribution in [3.63, 3.8) is 0 Å². The number of aliphatic hydroxyl groups is 2. The molecule has 40 heavy (non-hydrogen) atoms. The normalized spacial score (nSPS) is 15.4. The van der Waals surface area contributed by atoms with Crippen molar-refractivity contribution in [2.45, 2.75) is 91.5 Å². The molecule has 0 saturated heterocycles. The molecule has 3 N–H and O–H groups in total. The Morgan fingerprint density at radius 2 is 1.85 bits per heavy atom. The number of aromatic hydroxyl groups is 1. The fourth-order valence-corrected chi connectivity index (χ4v) is 5.07. The number of rotatable bonds is 12. The van der Waals surface area contributed by atoms with Gasteiger partial charge in [0.1, 0.15) is 23.2 Å². The number of phenolic OH excluding ortho intramolecular Hbond substituents is 1. The molecule has 218 valence electrons. The van der Waals surface area contributed by atoms with Crippen LogP contribution < -0.4 is 14.2 Å². The number of phenols is 1. The molecule has 7 nitrogen and oxygen atoms in total. The maximum Gasteiger partial charge on any atom is 0.174 e. The molecule has 1 atom stereocenters. The minimum absolute atomic E-state index is 0.0374. The summed E-state index contributed by atoms with van der Waals surface area (Å²) in [4.78, 5) is 13.4. The van der Waals surface area contributed by atoms with Gasteiger partial charge in [-0.05, 0) is 84.4 Å². The molecule has 0 aliphatic carbocycles. The maximum atomic E-state index is 13.4. The molecule has 1 aliphatic rings. The molecule has 3 rings (SSSR count). The molecule has 0 aromatic heterocycles. The summed E-state index contributed by atoms with van der Waals surface area (Å²) >= 11 is 0. The Balaban J connectivity index is 2.01. The van der Waals surface area contributed by atoms with Gasteiger partial charge in [-0.1, -0.05) is 29.4 Å². The van der Waals surface area contributed by atoms with E-state index in [1.165, 1.54) is 11.1 Å². The van der Waals surface area contributed by atoms with Crippen molar-refractivity contribution >= 4 is 5.78 Å². The third kappa shape index (κ3) is 7.46. The summed E-state index contributed by atoms with van der Waals surface area (Å²) in [7, 11) is 3.19. The van der Waals surface area contributed by atoms with Crippen LogP contribution in [0.5, 0.6) is 23.0 Å². The third-order valence-electron chi connectivity index (χ3n) is 7.32. The number of allylic oxidation sites excluding steroid dienone is 4. The van der Waals surface area contributed by atoms with Gasteiger partial charge in [0, 0.05) is 16.7 Å². The first-order valence-electron chi connectivity index (χ1n) is 13.8. The first kappa shape index (κ1) is 31.2. The van der Waals surface area contributed by atoms with Gasteiger partial charge in [0.05, 0.1) is 32.8 Å². The van der Waals surface area contributed by atoms with Crippen molar-refractivity contribution in [3.8, 4) is 23.0 Å². The smallest absolute Gasteiger partial charge is 0.174 e. The van der Waals surface area contributed by atoms with Gasteiger partial charge in [0.15, 0.2) is 17.3 Å². The van der Waals surface area contributed by atoms with Crippen LogP contribution in [-0.2, 0) is 19.4 Å². The molecule has 7 heteroatoms. The lowest BCUT2D eigenvalue weighted by Gasteiger charge is -2.30. The number of fused-ring (bicyclic) bond motifs is 1. The Labute approximate surface area is 238 Å². The third-order valence-corrected chi connectivity index (χ3v) is 7.32. The molecule has 2 aromatic rings. The number of aliphatic hydroxyl groups excluding tert-OH is 1. The van der Waals surface area contributed by atoms with Crippen LogP contribution in [0.1, 0.15) is 99.0 Å². The summed E-state index contributed by atoms with van der Waals surface area (Å²) < 4.78 is 17.7. The number of ether oxygens (including phenoxy) is 3. The fourth-order valence-electron chi connectivity index (χ4n) is 5.07. The van der Waals surface area contributed by atoms with E-state index in [4.69, 9.17) is 14.2 Å². The van der Waals surface area contributed by atoms with Gasteiger partial charge in [-0.15, -0.1) is 0 Å². The molecule has 0 bridgehead atoms. The molecule has 1 aliphatic heterocycles. The number of ketones is 1. The predicted molar refractivity (Wildman–Crippen MR) is 157 cm³/mol. The molecule has 0 unspecified atom stereocenters. The van der Waals surface area contributed by atoms with Gasteiger partial charge in [-0.3, -0.25) is 4.79 Å². The SMILES string of the molecule is COc1ccc([C@@H]2CC(=O)c3c(cc(CO)c(CCC(C)(C)O)c3O)O2)c(CC=C(C)CCC=C(C)C)c1OC. The second kappa shape index (κ2) is 13.4. The van der Waals surface area contributed by atoms with E-state index < -0.39 is 11.7 Å². The number of carbonyl (C=O) groups excluding carboxylic acids is 1. The highest BCUT2D eigenvalue weighted by atomic mass is 16.5. The minimum atomic E-state index is -0.955. The first-order valence-corrected chi connectivity index (χ1v) is 13.8. The Bertz CT molecular complexity index is 1280. The predicted octanol–water partition coefficient (Wildman–Crippen LogP) is 6.55. The van der Waals surface area contributed by atoms with Gasteiger partial charge in [0.2, 0.25) is 0 Å². The van der Waals surface area contributed by atoms with E-state index in [2.05, 4.69) is 32.9 Å². The van der Waals surface area contributed by atoms with Crippen LogP contribution in [0.4, 0.5) is 0 Å². The molecule has 0 radical (unpaired) electrons. The van der Waals surface area contributed by atoms with Crippen LogP contribution in [0.25, 0.3) is 0 Å². The highest BCUT2D eigenvalue weighted by Gasteiger charge is 2.34. The fraction of sp³-hybridized carbons (Fsp3) is 0.485. The quantitative estimate of drug-likeness (QED) is 0.257. The zero-order valence-electron chi connectivity index (χ0n) is 24.9. The molecule has 1 heterocycles. The van der Waals surface area contributed by atoms with E-state index in [9.17, 15) is 20.1 Å². The second-order valence-electron chi connectivity index (χ2n) is 11.4. The van der Waals surface area contributed by atoms with Crippen molar-refractivity contribution < 1.29 is 34.3 Å². The van der Waals surface area contributed by atoms with Crippen LogP contribution in [0, 0.1) is 0 Å². The van der Waals surface area contributed by atoms with E-state index in [-0.39, 0.29) is 35.9 Å². The van der Waals surface area contributed by atoms with Crippen molar-refractivity contribution in [3.05, 3.63) is 69.3 Å². The highest BCUT2D eigenvalue weighted by Crippen LogP contribution is 2.46. The second-order valence-corrected chi connectivity index (χ2v) is 11.4. The van der Waals surface area contributed by atoms with Gasteiger partial charge < -0.3 is 29.5 Å². The van der Waals surface area contributed by atoms with Crippen LogP contribution in [0.15, 0.2) is 41.5 Å². The van der Waals surface area contributed by atoms with Crippen LogP contribution in [0.3, 0.4) is 0 Å². The zero-order valence-corrected chi connectivity index (χ0v) is 24.9. The average Bonchev–Trinajstić information content (AvgIpc) is 2.89. The Morgan fingerprint density at radius 3 is 2.45 bits per heavy atom. The summed E-state index contributed by atoms with van der Waals surface area (Å²) in [6, 6.07) is 5.34. The van der Waals surface area contributed by atoms with Gasteiger partial charge in [-0.2, -0.15) is 0 Å². The Kier molecular flexibility index (Phi) is 10.4. The number of methoxy groups -OCH3 is 2. The topological polar surface area (TPSA) is 105 Å². The van der Waals surface area contributed by atoms with Gasteiger partial charge in [0.25, 0.3) is 0 Å². The van der Waals surface area contributed by atoms with Crippen molar-refractivity contribution in [1.82, 2.24) is 0 Å². The lowest BCUT2D eigenvalue weighted by molar-refractivity contribution is 0.0710. The monoisotopic (exact) mass is 552 g/mol. The van der Waals surface area contributed by atoms with Crippen LogP contribution >= 0.6 is 0 Å². The van der Waals surface area contributed by atoms with E-state index >= 15 is 0 Å². The van der Waals surface area contributed by atoms with E-state index in [0.29, 0.717) is 41.9 Å². The first-order chi connectivity index (χ1) is 18.9. The lowest BCUT2D eigenvalue weighted by Crippen LogP contribution is -2.23. The van der Waals surface area contributed by atoms with E-state index in [0.717, 1.165) is 24.0 Å². The summed E-state index contributed by atoms with van der Waals surface area (Å²) in [5.74, 6) is 1.000. The minimum Gasteiger partial charge on any atom is -0.507 e. The highest BCUT2D eigenvalue weighted by molar-refractivity contribution is 6.03. The van der Waals surface area contributed by atoms with Crippen LogP contribution in [-0.4, -0.2) is 40.9 Å². The maximum absolute atomic E-state index is 13.4. The largest absolute Gasteiger partial charge is 0.507 e. The number of hydrogen-bond donors (Lipinski definition) is 3. The molecule has 0 saturated carbocycles. The summed E-state index contributed by atoms with van der Waals surface area (Å²) in [6.07, 6.45) is 6.98. The lowest BCUT2D eigenvalue weighted by atomic mass is 9.87. The molecular formula is C33H44O7. The number of hydrogen-bond acceptors (Lipinski definition) is 7. The van der Waals surface area contributed by atoms with Crippen molar-refractivity contribution in [1.29, 1.82) is 0 Å². The van der Waals surface area contributed by atoms with Gasteiger partial charge in [-0.25, -0.2) is 0 Å². The summed E-state index contributed by atoms with van der Waals surface area (Å²) in [5.41, 5.74) is 4.31. The van der Waals surface area contributed by atoms with E-state index in [1.54, 1.807) is 34.1 Å². The van der Waals surface area contributed by atoms with Crippen LogP contribution in [0.2, 0.25) is 0 Å². The van der Waals surface area contributed by atoms with Crippen molar-refractivity contribution in [2.75, 3.05) is 14.2 Å². The zero-order chi connectivity index (χ0) is 29.6. The Morgan fingerprint density at radius 1 is 1.12 bits per heavy atom. The summed E-state index contributed by atoms with van der Waals surface area (Å²) in [6.45, 7) is 9.33. The molecule has 2 aromatic carbocycles. The molecular weight excluding hydrogens is 508 g/mol. The number of Topliss-reactive ketones (excluding diaryl/α,β-unsaturated/α-hetero) is 1. The van der Waals surface area contributed by atoms with Gasteiger partial charge >= 0.3 is 0 Å². The average molecular weight is 553 g/mol. The molecule has 0 spiro atoms. The Hall–Kier alpha value is -3.29. The number of carbonyl (C=O) groups is 1. The molecule has 0 amide bonds. The van der Waals surface area contributed by atoms with E-state index in [1.807, 2.05) is 12.1 Å².